The molecule has 2 aromatic rings. The van der Waals surface area contributed by atoms with E-state index in [4.69, 9.17) is 10.4 Å². The summed E-state index contributed by atoms with van der Waals surface area (Å²) in [6, 6.07) is 3.92. The van der Waals surface area contributed by atoms with Crippen LogP contribution in [0.2, 0.25) is 0 Å². The number of aromatic amines is 1. The molecule has 0 atom stereocenters. The minimum Gasteiger partial charge on any atom is -0.392 e. The second-order valence-corrected chi connectivity index (χ2v) is 3.60. The number of benzene rings is 1. The van der Waals surface area contributed by atoms with Crippen LogP contribution in [0.15, 0.2) is 18.3 Å². The lowest BCUT2D eigenvalue weighted by atomic mass is 10.1. The predicted molar refractivity (Wildman–Crippen MR) is 63.7 cm³/mol. The predicted octanol–water partition coefficient (Wildman–Crippen LogP) is 0.947. The van der Waals surface area contributed by atoms with Gasteiger partial charge in [-0.3, -0.25) is 0 Å². The molecular formula is C11H8F2N6O. The first-order valence-corrected chi connectivity index (χ1v) is 5.35. The van der Waals surface area contributed by atoms with Crippen LogP contribution in [0, 0.1) is 23.0 Å². The molecule has 0 amide bonds. The maximum atomic E-state index is 13.6. The van der Waals surface area contributed by atoms with Crippen LogP contribution in [0.5, 0.6) is 0 Å². The Kier molecular flexibility index (Phi) is 3.97. The third-order valence-electron chi connectivity index (χ3n) is 2.42. The Balaban J connectivity index is 2.35. The number of nitriles is 1. The van der Waals surface area contributed by atoms with Crippen LogP contribution >= 0.6 is 0 Å². The highest BCUT2D eigenvalue weighted by Crippen LogP contribution is 2.23. The van der Waals surface area contributed by atoms with Gasteiger partial charge in [0.2, 0.25) is 5.82 Å². The van der Waals surface area contributed by atoms with Crippen molar-refractivity contribution in [3.8, 4) is 6.07 Å². The number of nitrogens with zero attached hydrogens (tertiary/aromatic N) is 4. The van der Waals surface area contributed by atoms with Gasteiger partial charge in [0.15, 0.2) is 11.6 Å². The highest BCUT2D eigenvalue weighted by Gasteiger charge is 2.13. The number of allylic oxidation sites excluding steroid dienone is 1. The molecule has 0 aliphatic carbocycles. The van der Waals surface area contributed by atoms with E-state index in [0.29, 0.717) is 0 Å². The molecule has 0 unspecified atom stereocenters. The minimum atomic E-state index is -1.15. The highest BCUT2D eigenvalue weighted by atomic mass is 19.2. The van der Waals surface area contributed by atoms with Crippen molar-refractivity contribution in [3.63, 3.8) is 0 Å². The third-order valence-corrected chi connectivity index (χ3v) is 2.42. The minimum absolute atomic E-state index is 0.00218. The van der Waals surface area contributed by atoms with Crippen LogP contribution in [0.1, 0.15) is 11.4 Å². The number of H-pyrrole nitrogens is 1. The van der Waals surface area contributed by atoms with E-state index in [2.05, 4.69) is 25.9 Å². The summed E-state index contributed by atoms with van der Waals surface area (Å²) < 4.78 is 26.8. The van der Waals surface area contributed by atoms with Crippen molar-refractivity contribution in [2.45, 2.75) is 6.61 Å². The summed E-state index contributed by atoms with van der Waals surface area (Å²) in [7, 11) is 0. The average Bonchev–Trinajstić information content (AvgIpc) is 2.98. The molecule has 9 heteroatoms. The quantitative estimate of drug-likeness (QED) is 0.718. The second-order valence-electron chi connectivity index (χ2n) is 3.60. The Labute approximate surface area is 111 Å². The molecule has 0 aliphatic heterocycles. The van der Waals surface area contributed by atoms with E-state index >= 15 is 0 Å². The molecule has 7 nitrogen and oxygen atoms in total. The van der Waals surface area contributed by atoms with Gasteiger partial charge < -0.3 is 10.4 Å². The van der Waals surface area contributed by atoms with Crippen molar-refractivity contribution >= 4 is 11.3 Å². The first-order chi connectivity index (χ1) is 9.67. The monoisotopic (exact) mass is 278 g/mol. The number of aliphatic hydroxyl groups excluding tert-OH is 1. The molecule has 2 rings (SSSR count). The zero-order valence-corrected chi connectivity index (χ0v) is 9.93. The number of hydrogen-bond acceptors (Lipinski definition) is 6. The number of hydrogen-bond donors (Lipinski definition) is 3. The highest BCUT2D eigenvalue weighted by molar-refractivity contribution is 5.74. The normalized spacial score (nSPS) is 11.2. The zero-order chi connectivity index (χ0) is 14.5. The van der Waals surface area contributed by atoms with E-state index in [-0.39, 0.29) is 22.6 Å². The fourth-order valence-electron chi connectivity index (χ4n) is 1.45. The van der Waals surface area contributed by atoms with Crippen LogP contribution in [-0.2, 0) is 6.61 Å². The molecule has 0 spiro atoms. The molecule has 3 N–H and O–H groups in total. The number of rotatable bonds is 4. The summed E-state index contributed by atoms with van der Waals surface area (Å²) in [6.07, 6.45) is 1.10. The SMILES string of the molecule is N#CC(=CNc1c(CO)ccc(F)c1F)c1nn[nH]n1. The molecule has 0 saturated heterocycles. The van der Waals surface area contributed by atoms with Crippen LogP contribution in [-0.4, -0.2) is 25.7 Å². The van der Waals surface area contributed by atoms with Gasteiger partial charge in [0, 0.05) is 11.8 Å². The second kappa shape index (κ2) is 5.85. The molecule has 1 aromatic carbocycles. The van der Waals surface area contributed by atoms with E-state index in [1.807, 2.05) is 0 Å². The van der Waals surface area contributed by atoms with E-state index in [1.54, 1.807) is 6.07 Å². The first kappa shape index (κ1) is 13.6. The molecule has 0 saturated carbocycles. The lowest BCUT2D eigenvalue weighted by Gasteiger charge is -2.09. The Morgan fingerprint density at radius 3 is 2.90 bits per heavy atom. The third kappa shape index (κ3) is 2.60. The molecule has 0 aliphatic rings. The molecule has 0 fully saturated rings. The first-order valence-electron chi connectivity index (χ1n) is 5.35. The Hall–Kier alpha value is -2.86. The summed E-state index contributed by atoms with van der Waals surface area (Å²) >= 11 is 0. The van der Waals surface area contributed by atoms with E-state index in [1.165, 1.54) is 6.07 Å². The van der Waals surface area contributed by atoms with E-state index < -0.39 is 18.2 Å². The number of nitrogens with one attached hydrogen (secondary N) is 2. The summed E-state index contributed by atoms with van der Waals surface area (Å²) in [5.41, 5.74) is -0.152. The number of aliphatic hydroxyl groups is 1. The fraction of sp³-hybridized carbons (Fsp3) is 0.0909. The summed E-state index contributed by atoms with van der Waals surface area (Å²) in [5.74, 6) is -2.23. The number of halogens is 2. The van der Waals surface area contributed by atoms with Crippen molar-refractivity contribution < 1.29 is 13.9 Å². The molecule has 0 bridgehead atoms. The molecule has 1 aromatic heterocycles. The molecule has 1 heterocycles. The molecular weight excluding hydrogens is 270 g/mol. The van der Waals surface area contributed by atoms with Gasteiger partial charge in [-0.2, -0.15) is 10.5 Å². The van der Waals surface area contributed by atoms with Gasteiger partial charge in [0.05, 0.1) is 12.3 Å². The maximum absolute atomic E-state index is 13.6. The van der Waals surface area contributed by atoms with Crippen molar-refractivity contribution in [1.82, 2.24) is 20.6 Å². The molecule has 102 valence electrons. The Bertz CT molecular complexity index is 677. The van der Waals surface area contributed by atoms with Gasteiger partial charge in [-0.25, -0.2) is 8.78 Å². The van der Waals surface area contributed by atoms with Gasteiger partial charge in [-0.1, -0.05) is 6.07 Å². The number of anilines is 1. The van der Waals surface area contributed by atoms with Gasteiger partial charge in [0.1, 0.15) is 11.6 Å². The van der Waals surface area contributed by atoms with E-state index in [9.17, 15) is 8.78 Å². The summed E-state index contributed by atoms with van der Waals surface area (Å²) in [6.45, 7) is -0.489. The van der Waals surface area contributed by atoms with Crippen molar-refractivity contribution in [2.75, 3.05) is 5.32 Å². The van der Waals surface area contributed by atoms with Gasteiger partial charge in [0.25, 0.3) is 0 Å². The lowest BCUT2D eigenvalue weighted by Crippen LogP contribution is -2.02. The van der Waals surface area contributed by atoms with Gasteiger partial charge in [-0.15, -0.1) is 10.2 Å². The smallest absolute Gasteiger partial charge is 0.216 e. The van der Waals surface area contributed by atoms with Gasteiger partial charge in [-0.05, 0) is 11.3 Å². The summed E-state index contributed by atoms with van der Waals surface area (Å²) in [5, 5.41) is 33.1. The average molecular weight is 278 g/mol. The van der Waals surface area contributed by atoms with Crippen molar-refractivity contribution in [2.24, 2.45) is 0 Å². The van der Waals surface area contributed by atoms with Crippen LogP contribution < -0.4 is 5.32 Å². The topological polar surface area (TPSA) is 111 Å². The Morgan fingerprint density at radius 2 is 2.30 bits per heavy atom. The van der Waals surface area contributed by atoms with Crippen LogP contribution in [0.4, 0.5) is 14.5 Å². The standard InChI is InChI=1S/C11H8F2N6O/c12-8-2-1-6(5-20)10(9(8)13)15-4-7(3-14)11-16-18-19-17-11/h1-2,4,15,20H,5H2,(H,16,17,18,19). The van der Waals surface area contributed by atoms with E-state index in [0.717, 1.165) is 12.3 Å². The molecule has 20 heavy (non-hydrogen) atoms. The van der Waals surface area contributed by atoms with Crippen molar-refractivity contribution in [3.05, 3.63) is 41.4 Å². The largest absolute Gasteiger partial charge is 0.392 e. The summed E-state index contributed by atoms with van der Waals surface area (Å²) in [4.78, 5) is 0. The Morgan fingerprint density at radius 1 is 1.50 bits per heavy atom. The lowest BCUT2D eigenvalue weighted by molar-refractivity contribution is 0.281. The maximum Gasteiger partial charge on any atom is 0.216 e. The van der Waals surface area contributed by atoms with Crippen LogP contribution in [0.25, 0.3) is 5.57 Å². The molecule has 0 radical (unpaired) electrons. The fourth-order valence-corrected chi connectivity index (χ4v) is 1.45. The number of tetrazole rings is 1. The van der Waals surface area contributed by atoms with Crippen LogP contribution in [0.3, 0.4) is 0 Å². The number of aromatic nitrogens is 4. The van der Waals surface area contributed by atoms with Gasteiger partial charge >= 0.3 is 0 Å². The van der Waals surface area contributed by atoms with Crippen molar-refractivity contribution in [1.29, 1.82) is 5.26 Å². The zero-order valence-electron chi connectivity index (χ0n) is 9.93.